The van der Waals surface area contributed by atoms with Crippen molar-refractivity contribution >= 4 is 5.65 Å². The fraction of sp³-hybridized carbons (Fsp3) is 0.105. The SMILES string of the molecule is CC(c1ccc(O)cc1)c1cnc2ccc(-c3cccnc3)nn12. The van der Waals surface area contributed by atoms with Crippen LogP contribution in [0.2, 0.25) is 0 Å². The quantitative estimate of drug-likeness (QED) is 0.626. The van der Waals surface area contributed by atoms with Crippen LogP contribution in [0.1, 0.15) is 24.1 Å². The summed E-state index contributed by atoms with van der Waals surface area (Å²) in [7, 11) is 0. The van der Waals surface area contributed by atoms with Crippen LogP contribution in [0, 0.1) is 0 Å². The molecule has 1 N–H and O–H groups in total. The number of benzene rings is 1. The molecule has 24 heavy (non-hydrogen) atoms. The van der Waals surface area contributed by atoms with Gasteiger partial charge in [0.1, 0.15) is 5.75 Å². The molecule has 0 saturated heterocycles. The van der Waals surface area contributed by atoms with E-state index in [1.807, 2.05) is 47.1 Å². The minimum Gasteiger partial charge on any atom is -0.508 e. The van der Waals surface area contributed by atoms with Gasteiger partial charge in [0.05, 0.1) is 17.6 Å². The number of hydrogen-bond donors (Lipinski definition) is 1. The molecule has 0 fully saturated rings. The van der Waals surface area contributed by atoms with Gasteiger partial charge < -0.3 is 5.11 Å². The Balaban J connectivity index is 1.80. The first-order valence-electron chi connectivity index (χ1n) is 7.76. The molecule has 5 nitrogen and oxygen atoms in total. The highest BCUT2D eigenvalue weighted by molar-refractivity contribution is 5.59. The van der Waals surface area contributed by atoms with Gasteiger partial charge in [0.15, 0.2) is 5.65 Å². The molecule has 0 spiro atoms. The third-order valence-electron chi connectivity index (χ3n) is 4.18. The zero-order valence-corrected chi connectivity index (χ0v) is 13.2. The third-order valence-corrected chi connectivity index (χ3v) is 4.18. The van der Waals surface area contributed by atoms with Gasteiger partial charge in [0.2, 0.25) is 0 Å². The van der Waals surface area contributed by atoms with E-state index in [0.29, 0.717) is 0 Å². The van der Waals surface area contributed by atoms with Gasteiger partial charge >= 0.3 is 0 Å². The summed E-state index contributed by atoms with van der Waals surface area (Å²) in [5.41, 5.74) is 4.73. The summed E-state index contributed by atoms with van der Waals surface area (Å²) in [5, 5.41) is 14.2. The Morgan fingerprint density at radius 2 is 1.83 bits per heavy atom. The number of phenols is 1. The maximum absolute atomic E-state index is 9.47. The Morgan fingerprint density at radius 1 is 1.00 bits per heavy atom. The van der Waals surface area contributed by atoms with E-state index in [1.54, 1.807) is 24.5 Å². The minimum absolute atomic E-state index is 0.109. The fourth-order valence-corrected chi connectivity index (χ4v) is 2.79. The molecular weight excluding hydrogens is 300 g/mol. The largest absolute Gasteiger partial charge is 0.508 e. The molecule has 118 valence electrons. The Hall–Kier alpha value is -3.21. The molecule has 4 aromatic rings. The number of hydrogen-bond acceptors (Lipinski definition) is 4. The number of nitrogens with zero attached hydrogens (tertiary/aromatic N) is 4. The molecule has 0 aliphatic heterocycles. The van der Waals surface area contributed by atoms with Crippen molar-refractivity contribution in [3.8, 4) is 17.0 Å². The van der Waals surface area contributed by atoms with E-state index in [4.69, 9.17) is 5.10 Å². The minimum atomic E-state index is 0.109. The Kier molecular flexibility index (Phi) is 3.46. The van der Waals surface area contributed by atoms with E-state index in [1.165, 1.54) is 0 Å². The standard InChI is InChI=1S/C19H16N4O/c1-13(14-4-6-16(24)7-5-14)18-12-21-19-9-8-17(22-23(18)19)15-3-2-10-20-11-15/h2-13,24H,1H3. The average Bonchev–Trinajstić information content (AvgIpc) is 3.05. The molecule has 0 saturated carbocycles. The second kappa shape index (κ2) is 5.77. The molecule has 1 atom stereocenters. The lowest BCUT2D eigenvalue weighted by atomic mass is 9.98. The van der Waals surface area contributed by atoms with Crippen LogP contribution in [0.3, 0.4) is 0 Å². The highest BCUT2D eigenvalue weighted by atomic mass is 16.3. The number of aromatic nitrogens is 4. The summed E-state index contributed by atoms with van der Waals surface area (Å²) in [6, 6.07) is 15.0. The van der Waals surface area contributed by atoms with Gasteiger partial charge in [-0.05, 0) is 42.0 Å². The molecule has 3 aromatic heterocycles. The predicted molar refractivity (Wildman–Crippen MR) is 91.8 cm³/mol. The van der Waals surface area contributed by atoms with Gasteiger partial charge in [-0.1, -0.05) is 19.1 Å². The first-order valence-corrected chi connectivity index (χ1v) is 7.76. The molecule has 0 radical (unpaired) electrons. The van der Waals surface area contributed by atoms with E-state index in [2.05, 4.69) is 16.9 Å². The van der Waals surface area contributed by atoms with E-state index >= 15 is 0 Å². The summed E-state index contributed by atoms with van der Waals surface area (Å²) < 4.78 is 1.87. The smallest absolute Gasteiger partial charge is 0.153 e. The molecule has 1 aromatic carbocycles. The van der Waals surface area contributed by atoms with E-state index < -0.39 is 0 Å². The summed E-state index contributed by atoms with van der Waals surface area (Å²) in [4.78, 5) is 8.61. The molecule has 4 rings (SSSR count). The lowest BCUT2D eigenvalue weighted by Gasteiger charge is -2.12. The van der Waals surface area contributed by atoms with Gasteiger partial charge in [-0.2, -0.15) is 5.10 Å². The number of pyridine rings is 1. The van der Waals surface area contributed by atoms with Crippen LogP contribution < -0.4 is 0 Å². The Bertz CT molecular complexity index is 977. The average molecular weight is 316 g/mol. The predicted octanol–water partition coefficient (Wildman–Crippen LogP) is 3.65. The van der Waals surface area contributed by atoms with Crippen LogP contribution in [0.25, 0.3) is 16.9 Å². The molecule has 0 aliphatic rings. The van der Waals surface area contributed by atoms with Crippen molar-refractivity contribution in [2.75, 3.05) is 0 Å². The van der Waals surface area contributed by atoms with Crippen molar-refractivity contribution in [2.24, 2.45) is 0 Å². The lowest BCUT2D eigenvalue weighted by Crippen LogP contribution is -2.04. The van der Waals surface area contributed by atoms with Crippen LogP contribution in [-0.2, 0) is 0 Å². The van der Waals surface area contributed by atoms with Gasteiger partial charge in [0, 0.05) is 23.9 Å². The van der Waals surface area contributed by atoms with Crippen LogP contribution in [0.15, 0.2) is 67.1 Å². The number of fused-ring (bicyclic) bond motifs is 1. The van der Waals surface area contributed by atoms with Crippen molar-refractivity contribution < 1.29 is 5.11 Å². The molecule has 0 bridgehead atoms. The number of rotatable bonds is 3. The first kappa shape index (κ1) is 14.4. The number of aromatic hydroxyl groups is 1. The van der Waals surface area contributed by atoms with Crippen molar-refractivity contribution in [2.45, 2.75) is 12.8 Å². The summed E-state index contributed by atoms with van der Waals surface area (Å²) in [6.45, 7) is 2.11. The maximum atomic E-state index is 9.47. The van der Waals surface area contributed by atoms with Gasteiger partial charge in [-0.15, -0.1) is 0 Å². The summed E-state index contributed by atoms with van der Waals surface area (Å²) >= 11 is 0. The van der Waals surface area contributed by atoms with Gasteiger partial charge in [0.25, 0.3) is 0 Å². The van der Waals surface area contributed by atoms with Crippen molar-refractivity contribution in [3.63, 3.8) is 0 Å². The normalized spacial score (nSPS) is 12.4. The zero-order chi connectivity index (χ0) is 16.5. The van der Waals surface area contributed by atoms with Crippen LogP contribution >= 0.6 is 0 Å². The highest BCUT2D eigenvalue weighted by Gasteiger charge is 2.15. The Morgan fingerprint density at radius 3 is 2.58 bits per heavy atom. The summed E-state index contributed by atoms with van der Waals surface area (Å²) in [6.07, 6.45) is 5.40. The molecule has 0 amide bonds. The summed E-state index contributed by atoms with van der Waals surface area (Å²) in [5.74, 6) is 0.373. The third kappa shape index (κ3) is 2.50. The van der Waals surface area contributed by atoms with Crippen molar-refractivity contribution in [1.82, 2.24) is 19.6 Å². The topological polar surface area (TPSA) is 63.3 Å². The second-order valence-electron chi connectivity index (χ2n) is 5.73. The lowest BCUT2D eigenvalue weighted by molar-refractivity contribution is 0.475. The van der Waals surface area contributed by atoms with E-state index in [-0.39, 0.29) is 11.7 Å². The molecule has 5 heteroatoms. The number of imidazole rings is 1. The molecule has 3 heterocycles. The maximum Gasteiger partial charge on any atom is 0.153 e. The monoisotopic (exact) mass is 316 g/mol. The van der Waals surface area contributed by atoms with Crippen LogP contribution in [0.5, 0.6) is 5.75 Å². The van der Waals surface area contributed by atoms with Gasteiger partial charge in [-0.25, -0.2) is 9.50 Å². The van der Waals surface area contributed by atoms with E-state index in [0.717, 1.165) is 28.2 Å². The van der Waals surface area contributed by atoms with Crippen molar-refractivity contribution in [3.05, 3.63) is 78.4 Å². The second-order valence-corrected chi connectivity index (χ2v) is 5.73. The Labute approximate surface area is 139 Å². The van der Waals surface area contributed by atoms with Crippen molar-refractivity contribution in [1.29, 1.82) is 0 Å². The molecular formula is C19H16N4O. The number of phenolic OH excluding ortho intramolecular Hbond substituents is 1. The fourth-order valence-electron chi connectivity index (χ4n) is 2.79. The zero-order valence-electron chi connectivity index (χ0n) is 13.2. The van der Waals surface area contributed by atoms with Gasteiger partial charge in [-0.3, -0.25) is 4.98 Å². The van der Waals surface area contributed by atoms with E-state index in [9.17, 15) is 5.11 Å². The van der Waals surface area contributed by atoms with Crippen LogP contribution in [0.4, 0.5) is 0 Å². The molecule has 1 unspecified atom stereocenters. The molecule has 0 aliphatic carbocycles. The highest BCUT2D eigenvalue weighted by Crippen LogP contribution is 2.26. The van der Waals surface area contributed by atoms with Crippen LogP contribution in [-0.4, -0.2) is 24.7 Å². The first-order chi connectivity index (χ1) is 11.7.